The molecule has 0 fully saturated rings. The van der Waals surface area contributed by atoms with E-state index in [9.17, 15) is 9.59 Å². The third kappa shape index (κ3) is 5.12. The smallest absolute Gasteiger partial charge is 0.341 e. The van der Waals surface area contributed by atoms with E-state index in [-0.39, 0.29) is 11.8 Å². The molecule has 0 aliphatic rings. The van der Waals surface area contributed by atoms with Crippen LogP contribution in [0.15, 0.2) is 48.5 Å². The zero-order valence-electron chi connectivity index (χ0n) is 13.8. The summed E-state index contributed by atoms with van der Waals surface area (Å²) in [4.78, 5) is 22.8. The van der Waals surface area contributed by atoms with Crippen LogP contribution in [-0.4, -0.2) is 23.6 Å². The van der Waals surface area contributed by atoms with Gasteiger partial charge in [-0.25, -0.2) is 4.79 Å². The summed E-state index contributed by atoms with van der Waals surface area (Å²) in [5.41, 5.74) is 2.91. The van der Waals surface area contributed by atoms with Crippen molar-refractivity contribution in [2.75, 3.05) is 11.9 Å². The molecular weight excluding hydrogens is 306 g/mol. The largest absolute Gasteiger partial charge is 0.482 e. The number of carbonyl (C=O) groups excluding carboxylic acids is 1. The molecule has 0 aromatic heterocycles. The van der Waals surface area contributed by atoms with Gasteiger partial charge in [-0.05, 0) is 36.1 Å². The number of benzene rings is 2. The van der Waals surface area contributed by atoms with Crippen LogP contribution in [-0.2, 0) is 9.59 Å². The van der Waals surface area contributed by atoms with Gasteiger partial charge < -0.3 is 15.2 Å². The Morgan fingerprint density at radius 1 is 1.17 bits per heavy atom. The number of carboxylic acids is 1. The van der Waals surface area contributed by atoms with Crippen LogP contribution in [0.3, 0.4) is 0 Å². The van der Waals surface area contributed by atoms with Crippen LogP contribution >= 0.6 is 0 Å². The Hall–Kier alpha value is -2.82. The van der Waals surface area contributed by atoms with Crippen molar-refractivity contribution in [3.63, 3.8) is 0 Å². The molecule has 5 nitrogen and oxygen atoms in total. The number of ether oxygens (including phenoxy) is 1. The molecule has 126 valence electrons. The highest BCUT2D eigenvalue weighted by Gasteiger charge is 2.13. The van der Waals surface area contributed by atoms with Crippen molar-refractivity contribution in [2.24, 2.45) is 0 Å². The Morgan fingerprint density at radius 3 is 2.62 bits per heavy atom. The molecule has 2 N–H and O–H groups in total. The lowest BCUT2D eigenvalue weighted by Crippen LogP contribution is -2.15. The van der Waals surface area contributed by atoms with E-state index in [0.29, 0.717) is 17.9 Å². The predicted molar refractivity (Wildman–Crippen MR) is 92.4 cm³/mol. The van der Waals surface area contributed by atoms with Gasteiger partial charge in [-0.3, -0.25) is 4.79 Å². The fourth-order valence-corrected chi connectivity index (χ4v) is 2.55. The molecular formula is C19H21NO4. The minimum Gasteiger partial charge on any atom is -0.482 e. The monoisotopic (exact) mass is 327 g/mol. The summed E-state index contributed by atoms with van der Waals surface area (Å²) in [6.07, 6.45) is 0.366. The van der Waals surface area contributed by atoms with E-state index in [2.05, 4.69) is 5.32 Å². The van der Waals surface area contributed by atoms with Gasteiger partial charge in [0.15, 0.2) is 6.61 Å². The van der Waals surface area contributed by atoms with Gasteiger partial charge >= 0.3 is 5.97 Å². The second-order valence-corrected chi connectivity index (χ2v) is 5.72. The molecule has 1 atom stereocenters. The van der Waals surface area contributed by atoms with Gasteiger partial charge in [-0.15, -0.1) is 0 Å². The number of amides is 1. The third-order valence-corrected chi connectivity index (χ3v) is 3.69. The van der Waals surface area contributed by atoms with Crippen molar-refractivity contribution >= 4 is 17.6 Å². The van der Waals surface area contributed by atoms with Gasteiger partial charge in [0.2, 0.25) is 5.91 Å². The first kappa shape index (κ1) is 17.5. The average Bonchev–Trinajstić information content (AvgIpc) is 2.53. The third-order valence-electron chi connectivity index (χ3n) is 3.69. The van der Waals surface area contributed by atoms with Crippen molar-refractivity contribution in [1.82, 2.24) is 0 Å². The first-order chi connectivity index (χ1) is 11.5. The van der Waals surface area contributed by atoms with Crippen molar-refractivity contribution in [2.45, 2.75) is 26.2 Å². The van der Waals surface area contributed by atoms with Gasteiger partial charge in [-0.1, -0.05) is 37.3 Å². The fraction of sp³-hybridized carbons (Fsp3) is 0.263. The molecule has 2 rings (SSSR count). The molecule has 24 heavy (non-hydrogen) atoms. The first-order valence-electron chi connectivity index (χ1n) is 7.75. The number of rotatable bonds is 7. The lowest BCUT2D eigenvalue weighted by atomic mass is 9.93. The van der Waals surface area contributed by atoms with Gasteiger partial charge in [-0.2, -0.15) is 0 Å². The number of aliphatic carboxylic acids is 1. The molecule has 0 saturated carbocycles. The average molecular weight is 327 g/mol. The standard InChI is InChI=1S/C19H21NO4/c1-13-6-3-4-9-17(13)14(2)10-18(21)20-15-7-5-8-16(11-15)24-12-19(22)23/h3-9,11,14H,10,12H2,1-2H3,(H,20,21)(H,22,23). The zero-order chi connectivity index (χ0) is 17.5. The van der Waals surface area contributed by atoms with Gasteiger partial charge in [0.25, 0.3) is 0 Å². The highest BCUT2D eigenvalue weighted by molar-refractivity contribution is 5.91. The molecule has 2 aromatic carbocycles. The summed E-state index contributed by atoms with van der Waals surface area (Å²) in [7, 11) is 0. The van der Waals surface area contributed by atoms with Crippen molar-refractivity contribution in [3.8, 4) is 5.75 Å². The molecule has 0 aliphatic carbocycles. The Morgan fingerprint density at radius 2 is 1.92 bits per heavy atom. The molecule has 0 saturated heterocycles. The Balaban J connectivity index is 1.96. The second kappa shape index (κ2) is 8.15. The van der Waals surface area contributed by atoms with Crippen LogP contribution < -0.4 is 10.1 Å². The predicted octanol–water partition coefficient (Wildman–Crippen LogP) is 3.59. The van der Waals surface area contributed by atoms with Crippen molar-refractivity contribution in [3.05, 3.63) is 59.7 Å². The Kier molecular flexibility index (Phi) is 5.95. The lowest BCUT2D eigenvalue weighted by molar-refractivity contribution is -0.139. The summed E-state index contributed by atoms with van der Waals surface area (Å²) in [5.74, 6) is -0.627. The SMILES string of the molecule is Cc1ccccc1C(C)CC(=O)Nc1cccc(OCC(=O)O)c1. The zero-order valence-corrected chi connectivity index (χ0v) is 13.8. The number of hydrogen-bond acceptors (Lipinski definition) is 3. The maximum atomic E-state index is 12.2. The molecule has 5 heteroatoms. The Bertz CT molecular complexity index is 727. The summed E-state index contributed by atoms with van der Waals surface area (Å²) in [6, 6.07) is 14.7. The number of hydrogen-bond donors (Lipinski definition) is 2. The topological polar surface area (TPSA) is 75.6 Å². The van der Waals surface area contributed by atoms with E-state index in [1.165, 1.54) is 5.56 Å². The quantitative estimate of drug-likeness (QED) is 0.815. The fourth-order valence-electron chi connectivity index (χ4n) is 2.55. The molecule has 0 radical (unpaired) electrons. The molecule has 0 heterocycles. The number of carboxylic acid groups (broad SMARTS) is 1. The Labute approximate surface area is 141 Å². The number of carbonyl (C=O) groups is 2. The molecule has 0 aliphatic heterocycles. The maximum Gasteiger partial charge on any atom is 0.341 e. The number of anilines is 1. The highest BCUT2D eigenvalue weighted by Crippen LogP contribution is 2.23. The second-order valence-electron chi connectivity index (χ2n) is 5.72. The lowest BCUT2D eigenvalue weighted by Gasteiger charge is -2.14. The van der Waals surface area contributed by atoms with Crippen LogP contribution in [0, 0.1) is 6.92 Å². The molecule has 1 amide bonds. The van der Waals surface area contributed by atoms with E-state index in [0.717, 1.165) is 5.56 Å². The van der Waals surface area contributed by atoms with Gasteiger partial charge in [0.1, 0.15) is 5.75 Å². The first-order valence-corrected chi connectivity index (χ1v) is 7.75. The highest BCUT2D eigenvalue weighted by atomic mass is 16.5. The van der Waals surface area contributed by atoms with Crippen LogP contribution in [0.2, 0.25) is 0 Å². The van der Waals surface area contributed by atoms with E-state index in [1.807, 2.05) is 38.1 Å². The van der Waals surface area contributed by atoms with Crippen molar-refractivity contribution in [1.29, 1.82) is 0 Å². The van der Waals surface area contributed by atoms with Crippen molar-refractivity contribution < 1.29 is 19.4 Å². The maximum absolute atomic E-state index is 12.2. The van der Waals surface area contributed by atoms with E-state index >= 15 is 0 Å². The van der Waals surface area contributed by atoms with Crippen LogP contribution in [0.5, 0.6) is 5.75 Å². The van der Waals surface area contributed by atoms with Crippen LogP contribution in [0.25, 0.3) is 0 Å². The number of aryl methyl sites for hydroxylation is 1. The van der Waals surface area contributed by atoms with E-state index in [4.69, 9.17) is 9.84 Å². The summed E-state index contributed by atoms with van der Waals surface area (Å²) in [5, 5.41) is 11.4. The molecule has 0 bridgehead atoms. The summed E-state index contributed by atoms with van der Waals surface area (Å²) >= 11 is 0. The van der Waals surface area contributed by atoms with Gasteiger partial charge in [0, 0.05) is 18.2 Å². The molecule has 1 unspecified atom stereocenters. The minimum absolute atomic E-state index is 0.0962. The molecule has 2 aromatic rings. The molecule has 0 spiro atoms. The van der Waals surface area contributed by atoms with Crippen LogP contribution in [0.4, 0.5) is 5.69 Å². The van der Waals surface area contributed by atoms with E-state index in [1.54, 1.807) is 24.3 Å². The minimum atomic E-state index is -1.04. The van der Waals surface area contributed by atoms with Gasteiger partial charge in [0.05, 0.1) is 0 Å². The summed E-state index contributed by atoms with van der Waals surface area (Å²) in [6.45, 7) is 3.64. The normalized spacial score (nSPS) is 11.6. The van der Waals surface area contributed by atoms with Crippen LogP contribution in [0.1, 0.15) is 30.4 Å². The summed E-state index contributed by atoms with van der Waals surface area (Å²) < 4.78 is 5.10. The van der Waals surface area contributed by atoms with E-state index < -0.39 is 12.6 Å². The number of nitrogens with one attached hydrogen (secondary N) is 1.